The van der Waals surface area contributed by atoms with Crippen LogP contribution in [-0.4, -0.2) is 73.7 Å². The molecule has 0 radical (unpaired) electrons. The van der Waals surface area contributed by atoms with Crippen molar-refractivity contribution in [3.8, 4) is 0 Å². The molecule has 2 aromatic rings. The van der Waals surface area contributed by atoms with Crippen LogP contribution < -0.4 is 10.2 Å². The van der Waals surface area contributed by atoms with Crippen LogP contribution in [0.25, 0.3) is 0 Å². The number of carbonyl (C=O) groups is 2. The van der Waals surface area contributed by atoms with Crippen molar-refractivity contribution in [3.05, 3.63) is 65.7 Å². The van der Waals surface area contributed by atoms with Gasteiger partial charge in [-0.25, -0.2) is 4.79 Å². The fourth-order valence-corrected chi connectivity index (χ4v) is 4.00. The van der Waals surface area contributed by atoms with Gasteiger partial charge in [-0.3, -0.25) is 9.69 Å². The van der Waals surface area contributed by atoms with E-state index in [0.29, 0.717) is 19.5 Å². The van der Waals surface area contributed by atoms with Crippen LogP contribution in [0.4, 0.5) is 10.5 Å². The van der Waals surface area contributed by atoms with Gasteiger partial charge in [0.25, 0.3) is 0 Å². The van der Waals surface area contributed by atoms with Gasteiger partial charge in [-0.15, -0.1) is 0 Å². The van der Waals surface area contributed by atoms with E-state index in [4.69, 9.17) is 4.74 Å². The number of hydrogen-bond acceptors (Lipinski definition) is 5. The molecule has 184 valence electrons. The van der Waals surface area contributed by atoms with Crippen LogP contribution in [0, 0.1) is 0 Å². The molecule has 0 saturated carbocycles. The van der Waals surface area contributed by atoms with Crippen molar-refractivity contribution in [2.45, 2.75) is 45.4 Å². The van der Waals surface area contributed by atoms with Crippen molar-refractivity contribution >= 4 is 17.7 Å². The Hall–Kier alpha value is -3.06. The van der Waals surface area contributed by atoms with E-state index >= 15 is 0 Å². The lowest BCUT2D eigenvalue weighted by molar-refractivity contribution is -0.135. The lowest BCUT2D eigenvalue weighted by Crippen LogP contribution is -2.55. The summed E-state index contributed by atoms with van der Waals surface area (Å²) in [5.74, 6) is -0.0651. The SMILES string of the molecule is CN(C)c1ccc(CN2CCN(C(=O)C(Cc3ccccc3)NC(=O)OC(C)(C)C)CC2)cc1. The number of nitrogens with zero attached hydrogens (tertiary/aromatic N) is 3. The lowest BCUT2D eigenvalue weighted by atomic mass is 10.0. The molecule has 1 N–H and O–H groups in total. The van der Waals surface area contributed by atoms with Crippen molar-refractivity contribution < 1.29 is 14.3 Å². The van der Waals surface area contributed by atoms with E-state index in [9.17, 15) is 9.59 Å². The first-order valence-electron chi connectivity index (χ1n) is 11.9. The third kappa shape index (κ3) is 7.76. The number of piperazine rings is 1. The second kappa shape index (κ2) is 11.4. The molecule has 1 saturated heterocycles. The topological polar surface area (TPSA) is 65.1 Å². The summed E-state index contributed by atoms with van der Waals surface area (Å²) in [7, 11) is 4.07. The normalized spacial score (nSPS) is 15.5. The molecule has 7 heteroatoms. The fraction of sp³-hybridized carbons (Fsp3) is 0.481. The predicted octanol–water partition coefficient (Wildman–Crippen LogP) is 3.53. The third-order valence-electron chi connectivity index (χ3n) is 5.81. The summed E-state index contributed by atoms with van der Waals surface area (Å²) in [5, 5.41) is 2.81. The van der Waals surface area contributed by atoms with Gasteiger partial charge in [0.05, 0.1) is 0 Å². The Bertz CT molecular complexity index is 931. The molecule has 7 nitrogen and oxygen atoms in total. The van der Waals surface area contributed by atoms with Gasteiger partial charge in [0.15, 0.2) is 0 Å². The zero-order valence-electron chi connectivity index (χ0n) is 21.1. The molecule has 1 aliphatic rings. The maximum absolute atomic E-state index is 13.4. The summed E-state index contributed by atoms with van der Waals surface area (Å²) in [6.45, 7) is 9.16. The monoisotopic (exact) mass is 466 g/mol. The van der Waals surface area contributed by atoms with Crippen molar-refractivity contribution in [3.63, 3.8) is 0 Å². The first kappa shape index (κ1) is 25.6. The second-order valence-corrected chi connectivity index (χ2v) is 10.1. The summed E-state index contributed by atoms with van der Waals surface area (Å²) in [6, 6.07) is 17.7. The molecule has 3 rings (SSSR count). The number of nitrogens with one attached hydrogen (secondary N) is 1. The number of carbonyl (C=O) groups excluding carboxylic acids is 2. The van der Waals surface area contributed by atoms with Gasteiger partial charge in [0, 0.05) is 58.9 Å². The summed E-state index contributed by atoms with van der Waals surface area (Å²) < 4.78 is 5.42. The lowest BCUT2D eigenvalue weighted by Gasteiger charge is -2.36. The van der Waals surface area contributed by atoms with Crippen LogP contribution in [0.15, 0.2) is 54.6 Å². The van der Waals surface area contributed by atoms with Crippen molar-refractivity contribution in [1.82, 2.24) is 15.1 Å². The van der Waals surface area contributed by atoms with Crippen LogP contribution in [0.2, 0.25) is 0 Å². The average molecular weight is 467 g/mol. The smallest absolute Gasteiger partial charge is 0.408 e. The molecule has 0 spiro atoms. The molecule has 1 unspecified atom stereocenters. The Balaban J connectivity index is 1.59. The van der Waals surface area contributed by atoms with E-state index in [1.165, 1.54) is 11.3 Å². The Morgan fingerprint density at radius 1 is 0.941 bits per heavy atom. The molecule has 1 heterocycles. The van der Waals surface area contributed by atoms with E-state index < -0.39 is 17.7 Å². The average Bonchev–Trinajstić information content (AvgIpc) is 2.78. The molecule has 0 aromatic heterocycles. The molecule has 0 bridgehead atoms. The molecule has 1 fully saturated rings. The molecule has 0 aliphatic carbocycles. The largest absolute Gasteiger partial charge is 0.444 e. The van der Waals surface area contributed by atoms with Crippen LogP contribution in [0.1, 0.15) is 31.9 Å². The molecular weight excluding hydrogens is 428 g/mol. The summed E-state index contributed by atoms with van der Waals surface area (Å²) in [5.41, 5.74) is 2.82. The highest BCUT2D eigenvalue weighted by Gasteiger charge is 2.30. The maximum atomic E-state index is 13.4. The van der Waals surface area contributed by atoms with Crippen LogP contribution in [-0.2, 0) is 22.5 Å². The zero-order chi connectivity index (χ0) is 24.7. The zero-order valence-corrected chi connectivity index (χ0v) is 21.1. The number of alkyl carbamates (subject to hydrolysis) is 1. The van der Waals surface area contributed by atoms with Crippen molar-refractivity contribution in [1.29, 1.82) is 0 Å². The first-order valence-corrected chi connectivity index (χ1v) is 11.9. The van der Waals surface area contributed by atoms with Crippen molar-refractivity contribution in [2.75, 3.05) is 45.2 Å². The Morgan fingerprint density at radius 3 is 2.12 bits per heavy atom. The maximum Gasteiger partial charge on any atom is 0.408 e. The van der Waals surface area contributed by atoms with E-state index in [1.807, 2.05) is 70.1 Å². The highest BCUT2D eigenvalue weighted by atomic mass is 16.6. The highest BCUT2D eigenvalue weighted by molar-refractivity contribution is 5.86. The standard InChI is InChI=1S/C27H38N4O3/c1-27(2,3)34-26(33)28-24(19-21-9-7-6-8-10-21)25(32)31-17-15-30(16-18-31)20-22-11-13-23(14-12-22)29(4)5/h6-14,24H,15-20H2,1-5H3,(H,28,33). The summed E-state index contributed by atoms with van der Waals surface area (Å²) >= 11 is 0. The minimum atomic E-state index is -0.664. The number of rotatable bonds is 7. The minimum Gasteiger partial charge on any atom is -0.444 e. The fourth-order valence-electron chi connectivity index (χ4n) is 4.00. The van der Waals surface area contributed by atoms with Crippen LogP contribution in [0.3, 0.4) is 0 Å². The highest BCUT2D eigenvalue weighted by Crippen LogP contribution is 2.16. The third-order valence-corrected chi connectivity index (χ3v) is 5.81. The van der Waals surface area contributed by atoms with Crippen LogP contribution in [0.5, 0.6) is 0 Å². The second-order valence-electron chi connectivity index (χ2n) is 10.1. The molecule has 2 amide bonds. The Kier molecular flexibility index (Phi) is 8.56. The molecule has 1 atom stereocenters. The van der Waals surface area contributed by atoms with Gasteiger partial charge in [-0.05, 0) is 44.0 Å². The van der Waals surface area contributed by atoms with Gasteiger partial charge >= 0.3 is 6.09 Å². The van der Waals surface area contributed by atoms with Gasteiger partial charge < -0.3 is 19.9 Å². The van der Waals surface area contributed by atoms with Gasteiger partial charge in [0.1, 0.15) is 11.6 Å². The van der Waals surface area contributed by atoms with Gasteiger partial charge in [0.2, 0.25) is 5.91 Å². The van der Waals surface area contributed by atoms with E-state index in [2.05, 4.69) is 39.4 Å². The molecule has 34 heavy (non-hydrogen) atoms. The van der Waals surface area contributed by atoms with E-state index in [-0.39, 0.29) is 5.91 Å². The predicted molar refractivity (Wildman–Crippen MR) is 136 cm³/mol. The number of amides is 2. The van der Waals surface area contributed by atoms with E-state index in [0.717, 1.165) is 25.2 Å². The number of anilines is 1. The Labute approximate surface area is 203 Å². The van der Waals surface area contributed by atoms with Crippen molar-refractivity contribution in [2.24, 2.45) is 0 Å². The van der Waals surface area contributed by atoms with Crippen LogP contribution >= 0.6 is 0 Å². The number of hydrogen-bond donors (Lipinski definition) is 1. The summed E-state index contributed by atoms with van der Waals surface area (Å²) in [4.78, 5) is 32.2. The van der Waals surface area contributed by atoms with Gasteiger partial charge in [-0.2, -0.15) is 0 Å². The van der Waals surface area contributed by atoms with Gasteiger partial charge in [-0.1, -0.05) is 42.5 Å². The minimum absolute atomic E-state index is 0.0651. The Morgan fingerprint density at radius 2 is 1.56 bits per heavy atom. The molecule has 1 aliphatic heterocycles. The first-order chi connectivity index (χ1) is 16.1. The van der Waals surface area contributed by atoms with E-state index in [1.54, 1.807) is 0 Å². The summed E-state index contributed by atoms with van der Waals surface area (Å²) in [6.07, 6.45) is -0.140. The number of benzene rings is 2. The quantitative estimate of drug-likeness (QED) is 0.676. The molecule has 2 aromatic carbocycles. The number of ether oxygens (including phenoxy) is 1. The molecular formula is C27H38N4O3.